The molecule has 0 amide bonds. The summed E-state index contributed by atoms with van der Waals surface area (Å²) in [6.45, 7) is 0. The van der Waals surface area contributed by atoms with E-state index in [1.807, 2.05) is 66.5 Å². The van der Waals surface area contributed by atoms with E-state index in [1.165, 1.54) is 0 Å². The van der Waals surface area contributed by atoms with Crippen molar-refractivity contribution in [1.82, 2.24) is 5.16 Å². The largest absolute Gasteiger partial charge is 0.497 e. The van der Waals surface area contributed by atoms with Gasteiger partial charge >= 0.3 is 0 Å². The molecule has 0 saturated heterocycles. The van der Waals surface area contributed by atoms with Gasteiger partial charge < -0.3 is 14.2 Å². The average molecular weight is 410 g/mol. The predicted molar refractivity (Wildman–Crippen MR) is 107 cm³/mol. The van der Waals surface area contributed by atoms with Crippen LogP contribution < -0.4 is 9.64 Å². The van der Waals surface area contributed by atoms with Crippen molar-refractivity contribution in [3.05, 3.63) is 64.7 Å². The fourth-order valence-electron chi connectivity index (χ4n) is 2.52. The third-order valence-corrected chi connectivity index (χ3v) is 4.82. The lowest BCUT2D eigenvalue weighted by atomic mass is 10.1. The van der Waals surface area contributed by atoms with Gasteiger partial charge in [-0.1, -0.05) is 58.2 Å². The summed E-state index contributed by atoms with van der Waals surface area (Å²) in [5.41, 5.74) is 2.75. The topological polar surface area (TPSA) is 38.5 Å². The molecule has 0 aliphatic heterocycles. The second kappa shape index (κ2) is 8.04. The molecule has 26 heavy (non-hydrogen) atoms. The second-order valence-corrected chi connectivity index (χ2v) is 6.74. The molecule has 4 nitrogen and oxygen atoms in total. The van der Waals surface area contributed by atoms with Crippen LogP contribution in [0.3, 0.4) is 0 Å². The molecule has 7 heteroatoms. The van der Waals surface area contributed by atoms with Gasteiger partial charge in [0, 0.05) is 18.3 Å². The monoisotopic (exact) mass is 408 g/mol. The van der Waals surface area contributed by atoms with Crippen molar-refractivity contribution in [1.29, 1.82) is 0 Å². The second-order valence-electron chi connectivity index (χ2n) is 5.41. The average Bonchev–Trinajstić information content (AvgIpc) is 3.12. The first kappa shape index (κ1) is 18.6. The Hall–Kier alpha value is -2.14. The molecule has 0 spiro atoms. The summed E-state index contributed by atoms with van der Waals surface area (Å²) in [5, 5.41) is 4.36. The molecule has 3 aromatic rings. The van der Waals surface area contributed by atoms with Crippen LogP contribution in [-0.4, -0.2) is 19.3 Å². The van der Waals surface area contributed by atoms with Crippen LogP contribution in [0.2, 0.25) is 0 Å². The fraction of sp³-hybridized carbons (Fsp3) is 0.105. The Bertz CT molecular complexity index is 918. The van der Waals surface area contributed by atoms with Crippen LogP contribution in [0.15, 0.2) is 63.6 Å². The minimum Gasteiger partial charge on any atom is -0.497 e. The highest BCUT2D eigenvalue weighted by atomic mass is 35.5. The number of aromatic nitrogens is 1. The van der Waals surface area contributed by atoms with Gasteiger partial charge in [-0.25, -0.2) is 0 Å². The summed E-state index contributed by atoms with van der Waals surface area (Å²) < 4.78 is 10.7. The van der Waals surface area contributed by atoms with Crippen molar-refractivity contribution in [3.8, 4) is 17.0 Å². The zero-order chi connectivity index (χ0) is 18.7. The number of ether oxygens (including phenoxy) is 1. The van der Waals surface area contributed by atoms with Gasteiger partial charge in [-0.05, 0) is 36.4 Å². The molecular weight excluding hydrogens is 395 g/mol. The van der Waals surface area contributed by atoms with Gasteiger partial charge in [-0.15, -0.1) is 0 Å². The third kappa shape index (κ3) is 3.68. The molecule has 0 unspecified atom stereocenters. The van der Waals surface area contributed by atoms with Gasteiger partial charge in [0.2, 0.25) is 5.88 Å². The molecule has 1 heterocycles. The van der Waals surface area contributed by atoms with E-state index in [0.29, 0.717) is 17.1 Å². The van der Waals surface area contributed by atoms with Crippen LogP contribution in [0, 0.1) is 0 Å². The van der Waals surface area contributed by atoms with Gasteiger partial charge in [-0.3, -0.25) is 0 Å². The lowest BCUT2D eigenvalue weighted by Crippen LogP contribution is -2.10. The summed E-state index contributed by atoms with van der Waals surface area (Å²) in [6.07, 6.45) is 0. The molecule has 0 N–H and O–H groups in total. The minimum atomic E-state index is -0.0626. The van der Waals surface area contributed by atoms with Gasteiger partial charge in [0.05, 0.1) is 17.7 Å². The van der Waals surface area contributed by atoms with Crippen LogP contribution in [-0.2, 0) is 0 Å². The first-order valence-corrected chi connectivity index (χ1v) is 8.80. The summed E-state index contributed by atoms with van der Waals surface area (Å²) >= 11 is 18.3. The maximum Gasteiger partial charge on any atom is 0.240 e. The highest BCUT2D eigenvalue weighted by molar-refractivity contribution is 6.67. The molecular formula is C19H15Cl3N2O2. The van der Waals surface area contributed by atoms with E-state index in [0.717, 1.165) is 17.0 Å². The summed E-state index contributed by atoms with van der Waals surface area (Å²) in [7, 11) is 3.46. The number of halogens is 3. The maximum atomic E-state index is 6.40. The number of methoxy groups -OCH3 is 1. The normalized spacial score (nSPS) is 10.5. The van der Waals surface area contributed by atoms with Crippen LogP contribution in [0.4, 0.5) is 11.6 Å². The lowest BCUT2D eigenvalue weighted by molar-refractivity contribution is 0.414. The Morgan fingerprint density at radius 1 is 1.00 bits per heavy atom. The lowest BCUT2D eigenvalue weighted by Gasteiger charge is -2.17. The predicted octanol–water partition coefficient (Wildman–Crippen LogP) is 6.46. The Labute approximate surface area is 166 Å². The number of benzene rings is 2. The highest BCUT2D eigenvalue weighted by Crippen LogP contribution is 2.42. The Morgan fingerprint density at radius 3 is 2.23 bits per heavy atom. The Balaban J connectivity index is 2.14. The van der Waals surface area contributed by atoms with Crippen molar-refractivity contribution in [2.75, 3.05) is 19.1 Å². The SMILES string of the molecule is COc1ccc(-c2noc(N(C)c3ccccc3)c2C(Cl)=C(Cl)Cl)cc1. The van der Waals surface area contributed by atoms with Crippen molar-refractivity contribution in [3.63, 3.8) is 0 Å². The smallest absolute Gasteiger partial charge is 0.240 e. The van der Waals surface area contributed by atoms with Gasteiger partial charge in [0.15, 0.2) is 0 Å². The van der Waals surface area contributed by atoms with Crippen LogP contribution >= 0.6 is 34.8 Å². The highest BCUT2D eigenvalue weighted by Gasteiger charge is 2.25. The number of para-hydroxylation sites is 1. The number of hydrogen-bond donors (Lipinski definition) is 0. The van der Waals surface area contributed by atoms with E-state index in [4.69, 9.17) is 44.1 Å². The van der Waals surface area contributed by atoms with Crippen molar-refractivity contribution < 1.29 is 9.26 Å². The van der Waals surface area contributed by atoms with Gasteiger partial charge in [0.25, 0.3) is 0 Å². The van der Waals surface area contributed by atoms with Crippen LogP contribution in [0.25, 0.3) is 16.3 Å². The van der Waals surface area contributed by atoms with Gasteiger partial charge in [-0.2, -0.15) is 0 Å². The number of anilines is 2. The van der Waals surface area contributed by atoms with E-state index in [-0.39, 0.29) is 9.52 Å². The summed E-state index contributed by atoms with van der Waals surface area (Å²) in [6, 6.07) is 17.1. The molecule has 2 aromatic carbocycles. The Kier molecular flexibility index (Phi) is 5.77. The van der Waals surface area contributed by atoms with E-state index in [2.05, 4.69) is 5.16 Å². The minimum absolute atomic E-state index is 0.0626. The van der Waals surface area contributed by atoms with Crippen LogP contribution in [0.1, 0.15) is 5.56 Å². The molecule has 0 aliphatic rings. The molecule has 0 fully saturated rings. The molecule has 0 radical (unpaired) electrons. The molecule has 134 valence electrons. The fourth-order valence-corrected chi connectivity index (χ4v) is 2.88. The van der Waals surface area contributed by atoms with Crippen molar-refractivity contribution in [2.24, 2.45) is 0 Å². The Morgan fingerprint density at radius 2 is 1.65 bits per heavy atom. The van der Waals surface area contributed by atoms with E-state index in [1.54, 1.807) is 7.11 Å². The molecule has 0 saturated carbocycles. The summed E-state index contributed by atoms with van der Waals surface area (Å²) in [5.74, 6) is 1.17. The van der Waals surface area contributed by atoms with Crippen LogP contribution in [0.5, 0.6) is 5.75 Å². The number of rotatable bonds is 5. The number of nitrogens with zero attached hydrogens (tertiary/aromatic N) is 2. The molecule has 1 aromatic heterocycles. The molecule has 3 rings (SSSR count). The zero-order valence-corrected chi connectivity index (χ0v) is 16.3. The van der Waals surface area contributed by atoms with E-state index >= 15 is 0 Å². The molecule has 0 bridgehead atoms. The van der Waals surface area contributed by atoms with E-state index < -0.39 is 0 Å². The van der Waals surface area contributed by atoms with Crippen molar-refractivity contribution in [2.45, 2.75) is 0 Å². The standard InChI is InChI=1S/C19H15Cl3N2O2/c1-24(13-6-4-3-5-7-13)19-15(16(20)18(21)22)17(23-26-19)12-8-10-14(25-2)11-9-12/h3-11H,1-2H3. The van der Waals surface area contributed by atoms with E-state index in [9.17, 15) is 0 Å². The molecule has 0 atom stereocenters. The zero-order valence-electron chi connectivity index (χ0n) is 14.0. The maximum absolute atomic E-state index is 6.40. The van der Waals surface area contributed by atoms with Gasteiger partial charge in [0.1, 0.15) is 15.9 Å². The quantitative estimate of drug-likeness (QED) is 0.484. The van der Waals surface area contributed by atoms with Crippen molar-refractivity contribution >= 4 is 51.4 Å². The number of hydrogen-bond acceptors (Lipinski definition) is 4. The first-order chi connectivity index (χ1) is 12.5. The third-order valence-electron chi connectivity index (χ3n) is 3.87. The summed E-state index contributed by atoms with van der Waals surface area (Å²) in [4.78, 5) is 1.83. The first-order valence-electron chi connectivity index (χ1n) is 7.67. The molecule has 0 aliphatic carbocycles.